The van der Waals surface area contributed by atoms with Crippen molar-refractivity contribution in [1.29, 1.82) is 10.5 Å². The Balaban J connectivity index is 1.77. The Labute approximate surface area is 177 Å². The average molecular weight is 421 g/mol. The first-order valence-electron chi connectivity index (χ1n) is 9.00. The molecular weight excluding hydrogens is 404 g/mol. The summed E-state index contributed by atoms with van der Waals surface area (Å²) in [6.45, 7) is 2.10. The fraction of sp³-hybridized carbons (Fsp3) is 0.200. The average Bonchev–Trinajstić information content (AvgIpc) is 3.20. The Kier molecular flexibility index (Phi) is 6.58. The van der Waals surface area contributed by atoms with E-state index in [1.165, 1.54) is 6.20 Å². The third-order valence-electron chi connectivity index (χ3n) is 4.05. The second-order valence-electron chi connectivity index (χ2n) is 6.32. The molecule has 0 radical (unpaired) electrons. The van der Waals surface area contributed by atoms with E-state index in [9.17, 15) is 4.79 Å². The van der Waals surface area contributed by atoms with Crippen molar-refractivity contribution in [3.05, 3.63) is 53.4 Å². The molecule has 0 saturated carbocycles. The zero-order valence-electron chi connectivity index (χ0n) is 16.0. The summed E-state index contributed by atoms with van der Waals surface area (Å²) >= 11 is 6.27. The van der Waals surface area contributed by atoms with Crippen LogP contribution in [0.15, 0.2) is 42.9 Å². The van der Waals surface area contributed by atoms with Crippen molar-refractivity contribution in [2.45, 2.75) is 25.9 Å². The highest BCUT2D eigenvalue weighted by atomic mass is 35.5. The number of aromatic nitrogens is 4. The second kappa shape index (κ2) is 9.50. The van der Waals surface area contributed by atoms with E-state index in [1.807, 2.05) is 6.07 Å². The van der Waals surface area contributed by atoms with Gasteiger partial charge in [-0.1, -0.05) is 23.7 Å². The van der Waals surface area contributed by atoms with Crippen LogP contribution in [-0.2, 0) is 6.54 Å². The van der Waals surface area contributed by atoms with Gasteiger partial charge in [-0.05, 0) is 19.1 Å². The third-order valence-corrected chi connectivity index (χ3v) is 4.32. The Bertz CT molecular complexity index is 1130. The van der Waals surface area contributed by atoms with E-state index in [4.69, 9.17) is 22.1 Å². The number of halogens is 1. The monoisotopic (exact) mass is 420 g/mol. The molecule has 3 aromatic rings. The van der Waals surface area contributed by atoms with Gasteiger partial charge in [0, 0.05) is 17.3 Å². The first-order valence-corrected chi connectivity index (χ1v) is 9.38. The molecule has 9 nitrogen and oxygen atoms in total. The van der Waals surface area contributed by atoms with Crippen LogP contribution in [0.25, 0.3) is 11.3 Å². The normalized spacial score (nSPS) is 11.2. The number of nitrogens with one attached hydrogen (secondary N) is 2. The molecule has 1 aromatic carbocycles. The molecule has 0 aliphatic heterocycles. The van der Waals surface area contributed by atoms with Gasteiger partial charge in [0.1, 0.15) is 6.04 Å². The number of nitrogens with zero attached hydrogens (tertiary/aromatic N) is 6. The topological polar surface area (TPSA) is 132 Å². The van der Waals surface area contributed by atoms with Crippen molar-refractivity contribution in [3.8, 4) is 23.4 Å². The lowest BCUT2D eigenvalue weighted by Gasteiger charge is -2.09. The molecule has 0 saturated heterocycles. The Morgan fingerprint density at radius 1 is 1.27 bits per heavy atom. The van der Waals surface area contributed by atoms with Crippen LogP contribution in [0.5, 0.6) is 0 Å². The van der Waals surface area contributed by atoms with E-state index in [2.05, 4.69) is 31.8 Å². The maximum atomic E-state index is 12.1. The van der Waals surface area contributed by atoms with Crippen LogP contribution >= 0.6 is 11.6 Å². The molecule has 2 heterocycles. The zero-order valence-corrected chi connectivity index (χ0v) is 16.8. The maximum Gasteiger partial charge on any atom is 0.252 e. The summed E-state index contributed by atoms with van der Waals surface area (Å²) in [4.78, 5) is 20.7. The first kappa shape index (κ1) is 20.8. The molecule has 2 N–H and O–H groups in total. The quantitative estimate of drug-likeness (QED) is 0.599. The van der Waals surface area contributed by atoms with E-state index >= 15 is 0 Å². The summed E-state index contributed by atoms with van der Waals surface area (Å²) in [6, 6.07) is 10.2. The van der Waals surface area contributed by atoms with Crippen LogP contribution in [0, 0.1) is 22.7 Å². The van der Waals surface area contributed by atoms with Crippen molar-refractivity contribution in [2.75, 3.05) is 5.32 Å². The van der Waals surface area contributed by atoms with Crippen LogP contribution in [0.4, 0.5) is 11.6 Å². The highest BCUT2D eigenvalue weighted by molar-refractivity contribution is 6.32. The van der Waals surface area contributed by atoms with Crippen LogP contribution in [-0.4, -0.2) is 31.7 Å². The molecule has 1 unspecified atom stereocenters. The Morgan fingerprint density at radius 3 is 2.73 bits per heavy atom. The van der Waals surface area contributed by atoms with Crippen molar-refractivity contribution >= 4 is 29.1 Å². The summed E-state index contributed by atoms with van der Waals surface area (Å²) in [7, 11) is 0. The molecule has 0 aliphatic rings. The van der Waals surface area contributed by atoms with Gasteiger partial charge in [0.2, 0.25) is 5.95 Å². The molecule has 10 heteroatoms. The fourth-order valence-electron chi connectivity index (χ4n) is 2.57. The molecule has 1 atom stereocenters. The van der Waals surface area contributed by atoms with E-state index in [0.717, 1.165) is 0 Å². The first-order chi connectivity index (χ1) is 14.5. The second-order valence-corrected chi connectivity index (χ2v) is 6.72. The number of carbonyl (C=O) groups is 1. The van der Waals surface area contributed by atoms with Crippen LogP contribution in [0.3, 0.4) is 0 Å². The molecule has 0 aliphatic carbocycles. The van der Waals surface area contributed by atoms with Crippen molar-refractivity contribution in [2.24, 2.45) is 0 Å². The number of rotatable bonds is 7. The number of aryl methyl sites for hydroxylation is 1. The van der Waals surface area contributed by atoms with Gasteiger partial charge in [-0.3, -0.25) is 9.48 Å². The molecule has 30 heavy (non-hydrogen) atoms. The van der Waals surface area contributed by atoms with E-state index in [0.29, 0.717) is 46.4 Å². The van der Waals surface area contributed by atoms with Gasteiger partial charge in [-0.15, -0.1) is 0 Å². The molecule has 150 valence electrons. The lowest BCUT2D eigenvalue weighted by molar-refractivity contribution is 0.0948. The molecule has 0 bridgehead atoms. The summed E-state index contributed by atoms with van der Waals surface area (Å²) < 4.78 is 1.65. The molecule has 0 spiro atoms. The predicted molar refractivity (Wildman–Crippen MR) is 111 cm³/mol. The molecule has 1 amide bonds. The summed E-state index contributed by atoms with van der Waals surface area (Å²) in [6.07, 6.45) is 5.23. The number of benzene rings is 1. The van der Waals surface area contributed by atoms with Gasteiger partial charge in [0.25, 0.3) is 5.91 Å². The maximum absolute atomic E-state index is 12.1. The van der Waals surface area contributed by atoms with Crippen LogP contribution in [0.2, 0.25) is 5.02 Å². The van der Waals surface area contributed by atoms with Crippen LogP contribution in [0.1, 0.15) is 23.7 Å². The standard InChI is InChI=1S/C20H17ClN8O/c1-13(9-23)26-19(30)15-5-3-14(4-6-15)18-17(21)11-24-20(28-18)27-16-10-25-29(12-16)8-2-7-22/h3-6,10-13H,2,8H2,1H3,(H,26,30)(H,24,27,28). The third kappa shape index (κ3) is 5.10. The van der Waals surface area contributed by atoms with Gasteiger partial charge in [0.15, 0.2) is 0 Å². The molecule has 3 rings (SSSR count). The number of hydrogen-bond acceptors (Lipinski definition) is 7. The van der Waals surface area contributed by atoms with Gasteiger partial charge in [-0.25, -0.2) is 9.97 Å². The zero-order chi connectivity index (χ0) is 21.5. The van der Waals surface area contributed by atoms with E-state index in [1.54, 1.807) is 48.3 Å². The number of nitriles is 2. The molecule has 2 aromatic heterocycles. The Morgan fingerprint density at radius 2 is 2.03 bits per heavy atom. The van der Waals surface area contributed by atoms with Gasteiger partial charge < -0.3 is 10.6 Å². The minimum absolute atomic E-state index is 0.332. The highest BCUT2D eigenvalue weighted by Crippen LogP contribution is 2.27. The minimum atomic E-state index is -0.577. The summed E-state index contributed by atoms with van der Waals surface area (Å²) in [5, 5.41) is 27.6. The number of carbonyl (C=O) groups excluding carboxylic acids is 1. The SMILES string of the molecule is CC(C#N)NC(=O)c1ccc(-c2nc(Nc3cnn(CCC#N)c3)ncc2Cl)cc1. The minimum Gasteiger partial charge on any atom is -0.337 e. The summed E-state index contributed by atoms with van der Waals surface area (Å²) in [5.74, 6) is -0.000882. The van der Waals surface area contributed by atoms with Crippen molar-refractivity contribution in [3.63, 3.8) is 0 Å². The lowest BCUT2D eigenvalue weighted by atomic mass is 10.1. The van der Waals surface area contributed by atoms with Crippen molar-refractivity contribution in [1.82, 2.24) is 25.1 Å². The number of hydrogen-bond donors (Lipinski definition) is 2. The lowest BCUT2D eigenvalue weighted by Crippen LogP contribution is -2.31. The van der Waals surface area contributed by atoms with Gasteiger partial charge >= 0.3 is 0 Å². The van der Waals surface area contributed by atoms with Gasteiger partial charge in [-0.2, -0.15) is 15.6 Å². The number of anilines is 2. The van der Waals surface area contributed by atoms with E-state index < -0.39 is 6.04 Å². The fourth-order valence-corrected chi connectivity index (χ4v) is 2.77. The molecular formula is C20H17ClN8O. The van der Waals surface area contributed by atoms with E-state index in [-0.39, 0.29) is 5.91 Å². The smallest absolute Gasteiger partial charge is 0.252 e. The highest BCUT2D eigenvalue weighted by Gasteiger charge is 2.12. The summed E-state index contributed by atoms with van der Waals surface area (Å²) in [5.41, 5.74) is 2.32. The Hall–Kier alpha value is -3.95. The molecule has 0 fully saturated rings. The van der Waals surface area contributed by atoms with Crippen molar-refractivity contribution < 1.29 is 4.79 Å². The number of amides is 1. The largest absolute Gasteiger partial charge is 0.337 e. The predicted octanol–water partition coefficient (Wildman–Crippen LogP) is 3.29. The van der Waals surface area contributed by atoms with Crippen LogP contribution < -0.4 is 10.6 Å². The van der Waals surface area contributed by atoms with Gasteiger partial charge in [0.05, 0.1) is 53.9 Å².